The predicted octanol–water partition coefficient (Wildman–Crippen LogP) is -2.90. The lowest BCUT2D eigenvalue weighted by Crippen LogP contribution is -2.56. The molecule has 1 heterocycles. The van der Waals surface area contributed by atoms with E-state index in [0.717, 1.165) is 0 Å². The highest BCUT2D eigenvalue weighted by atomic mass is 16.4. The summed E-state index contributed by atoms with van der Waals surface area (Å²) in [5.74, 6) is -3.80. The Hall–Kier alpha value is -2.99. The first kappa shape index (κ1) is 23.0. The highest BCUT2D eigenvalue weighted by molar-refractivity contribution is 5.92. The van der Waals surface area contributed by atoms with E-state index in [1.54, 1.807) is 13.8 Å². The average Bonchev–Trinajstić information content (AvgIpc) is 3.14. The predicted molar refractivity (Wildman–Crippen MR) is 96.7 cm³/mol. The zero-order valence-corrected chi connectivity index (χ0v) is 15.6. The minimum atomic E-state index is -1.36. The molecule has 3 atom stereocenters. The van der Waals surface area contributed by atoms with E-state index in [1.807, 2.05) is 0 Å². The van der Waals surface area contributed by atoms with Crippen molar-refractivity contribution >= 4 is 23.7 Å². The molecule has 0 aromatic carbocycles. The molecule has 1 rings (SSSR count). The minimum Gasteiger partial charge on any atom is -0.480 e. The molecule has 0 saturated carbocycles. The first-order valence-corrected chi connectivity index (χ1v) is 8.59. The number of hydrogen-bond acceptors (Lipinski definition) is 7. The molecule has 0 bridgehead atoms. The molecule has 0 aliphatic carbocycles. The summed E-state index contributed by atoms with van der Waals surface area (Å²) in [4.78, 5) is 53.7. The van der Waals surface area contributed by atoms with Crippen LogP contribution < -0.4 is 21.7 Å². The van der Waals surface area contributed by atoms with Gasteiger partial charge in [-0.1, -0.05) is 13.8 Å². The van der Waals surface area contributed by atoms with E-state index in [9.17, 15) is 24.3 Å². The summed E-state index contributed by atoms with van der Waals surface area (Å²) in [6.07, 6.45) is 3.16. The second-order valence-electron chi connectivity index (χ2n) is 6.48. The number of hydrogen-bond donors (Lipinski definition) is 7. The molecular formula is C16H26N6O6. The molecule has 8 N–H and O–H groups in total. The third-order valence-electron chi connectivity index (χ3n) is 3.82. The first-order chi connectivity index (χ1) is 13.1. The maximum absolute atomic E-state index is 12.1. The van der Waals surface area contributed by atoms with Crippen LogP contribution in [-0.2, 0) is 25.6 Å². The van der Waals surface area contributed by atoms with E-state index in [0.29, 0.717) is 5.69 Å². The van der Waals surface area contributed by atoms with Crippen LogP contribution in [0.1, 0.15) is 19.5 Å². The van der Waals surface area contributed by atoms with Crippen LogP contribution in [0, 0.1) is 5.92 Å². The van der Waals surface area contributed by atoms with Crippen molar-refractivity contribution in [1.29, 1.82) is 0 Å². The normalized spacial score (nSPS) is 14.0. The topological polar surface area (TPSA) is 200 Å². The number of carboxylic acid groups (broad SMARTS) is 1. The molecule has 1 aromatic rings. The molecule has 1 aromatic heterocycles. The van der Waals surface area contributed by atoms with E-state index < -0.39 is 60.9 Å². The molecule has 0 aliphatic rings. The zero-order chi connectivity index (χ0) is 21.3. The number of carbonyl (C=O) groups excluding carboxylic acids is 3. The quantitative estimate of drug-likeness (QED) is 0.206. The van der Waals surface area contributed by atoms with Gasteiger partial charge in [0.2, 0.25) is 17.7 Å². The van der Waals surface area contributed by atoms with Gasteiger partial charge in [-0.3, -0.25) is 14.4 Å². The lowest BCUT2D eigenvalue weighted by atomic mass is 10.0. The molecule has 0 spiro atoms. The molecular weight excluding hydrogens is 372 g/mol. The molecule has 0 aliphatic heterocycles. The number of aliphatic hydroxyl groups is 1. The van der Waals surface area contributed by atoms with Crippen molar-refractivity contribution in [3.63, 3.8) is 0 Å². The van der Waals surface area contributed by atoms with Gasteiger partial charge in [-0.2, -0.15) is 0 Å². The molecule has 3 amide bonds. The third-order valence-corrected chi connectivity index (χ3v) is 3.82. The van der Waals surface area contributed by atoms with Gasteiger partial charge in [0.25, 0.3) is 0 Å². The van der Waals surface area contributed by atoms with Gasteiger partial charge >= 0.3 is 5.97 Å². The fourth-order valence-corrected chi connectivity index (χ4v) is 2.23. The molecule has 0 radical (unpaired) electrons. The van der Waals surface area contributed by atoms with Gasteiger partial charge in [0.1, 0.15) is 12.1 Å². The summed E-state index contributed by atoms with van der Waals surface area (Å²) in [7, 11) is 0. The standard InChI is InChI=1S/C16H26N6O6/c1-8(2)13(16(27)28)22-15(26)11(6-23)21-12(24)5-19-14(25)10(17)3-9-4-18-7-20-9/h4,7-8,10-11,13,23H,3,5-6,17H2,1-2H3,(H,18,20)(H,19,25)(H,21,24)(H,22,26)(H,27,28). The van der Waals surface area contributed by atoms with Crippen LogP contribution in [-0.4, -0.2) is 75.1 Å². The molecule has 0 fully saturated rings. The van der Waals surface area contributed by atoms with Crippen LogP contribution >= 0.6 is 0 Å². The Morgan fingerprint density at radius 3 is 2.39 bits per heavy atom. The van der Waals surface area contributed by atoms with Gasteiger partial charge in [0.05, 0.1) is 25.5 Å². The van der Waals surface area contributed by atoms with Gasteiger partial charge in [-0.05, 0) is 5.92 Å². The number of aliphatic hydroxyl groups excluding tert-OH is 1. The van der Waals surface area contributed by atoms with Crippen LogP contribution in [0.25, 0.3) is 0 Å². The number of amides is 3. The molecule has 0 saturated heterocycles. The number of H-pyrrole nitrogens is 1. The number of nitrogens with zero attached hydrogens (tertiary/aromatic N) is 1. The number of nitrogens with two attached hydrogens (primary N) is 1. The number of carboxylic acids is 1. The van der Waals surface area contributed by atoms with E-state index in [1.165, 1.54) is 12.5 Å². The number of rotatable bonds is 11. The van der Waals surface area contributed by atoms with Crippen molar-refractivity contribution in [3.05, 3.63) is 18.2 Å². The van der Waals surface area contributed by atoms with Crippen molar-refractivity contribution < 1.29 is 29.4 Å². The highest BCUT2D eigenvalue weighted by Gasteiger charge is 2.28. The molecule has 12 nitrogen and oxygen atoms in total. The maximum atomic E-state index is 12.1. The summed E-state index contributed by atoms with van der Waals surface area (Å²) in [5, 5.41) is 25.2. The summed E-state index contributed by atoms with van der Waals surface area (Å²) in [5.41, 5.74) is 6.39. The van der Waals surface area contributed by atoms with Gasteiger partial charge in [-0.25, -0.2) is 9.78 Å². The Labute approximate surface area is 161 Å². The monoisotopic (exact) mass is 398 g/mol. The number of carbonyl (C=O) groups is 4. The Morgan fingerprint density at radius 1 is 1.21 bits per heavy atom. The van der Waals surface area contributed by atoms with E-state index in [-0.39, 0.29) is 6.42 Å². The number of imidazole rings is 1. The van der Waals surface area contributed by atoms with Gasteiger partial charge < -0.3 is 36.9 Å². The first-order valence-electron chi connectivity index (χ1n) is 8.59. The van der Waals surface area contributed by atoms with Crippen molar-refractivity contribution in [3.8, 4) is 0 Å². The molecule has 12 heteroatoms. The minimum absolute atomic E-state index is 0.195. The van der Waals surface area contributed by atoms with Crippen LogP contribution in [0.2, 0.25) is 0 Å². The number of aromatic nitrogens is 2. The summed E-state index contributed by atoms with van der Waals surface area (Å²) < 4.78 is 0. The lowest BCUT2D eigenvalue weighted by Gasteiger charge is -2.22. The molecule has 28 heavy (non-hydrogen) atoms. The van der Waals surface area contributed by atoms with Gasteiger partial charge in [0.15, 0.2) is 0 Å². The van der Waals surface area contributed by atoms with E-state index in [4.69, 9.17) is 10.8 Å². The Morgan fingerprint density at radius 2 is 1.89 bits per heavy atom. The van der Waals surface area contributed by atoms with Crippen LogP contribution in [0.4, 0.5) is 0 Å². The summed E-state index contributed by atoms with van der Waals surface area (Å²) in [6, 6.07) is -3.44. The van der Waals surface area contributed by atoms with Crippen LogP contribution in [0.3, 0.4) is 0 Å². The third kappa shape index (κ3) is 7.32. The summed E-state index contributed by atoms with van der Waals surface area (Å²) in [6.45, 7) is 2.00. The second kappa shape index (κ2) is 11.0. The fraction of sp³-hybridized carbons (Fsp3) is 0.562. The van der Waals surface area contributed by atoms with Gasteiger partial charge in [0, 0.05) is 18.3 Å². The lowest BCUT2D eigenvalue weighted by molar-refractivity contribution is -0.143. The Kier molecular flexibility index (Phi) is 9.05. The average molecular weight is 398 g/mol. The number of aliphatic carboxylic acids is 1. The Balaban J connectivity index is 2.49. The Bertz CT molecular complexity index is 677. The fourth-order valence-electron chi connectivity index (χ4n) is 2.23. The largest absolute Gasteiger partial charge is 0.480 e. The van der Waals surface area contributed by atoms with Crippen molar-refractivity contribution in [2.75, 3.05) is 13.2 Å². The number of nitrogens with one attached hydrogen (secondary N) is 4. The van der Waals surface area contributed by atoms with Crippen LogP contribution in [0.15, 0.2) is 12.5 Å². The van der Waals surface area contributed by atoms with Gasteiger partial charge in [-0.15, -0.1) is 0 Å². The smallest absolute Gasteiger partial charge is 0.326 e. The zero-order valence-electron chi connectivity index (χ0n) is 15.6. The van der Waals surface area contributed by atoms with E-state index >= 15 is 0 Å². The summed E-state index contributed by atoms with van der Waals surface area (Å²) >= 11 is 0. The van der Waals surface area contributed by atoms with Crippen molar-refractivity contribution in [2.45, 2.75) is 38.4 Å². The molecule has 3 unspecified atom stereocenters. The maximum Gasteiger partial charge on any atom is 0.326 e. The second-order valence-corrected chi connectivity index (χ2v) is 6.48. The van der Waals surface area contributed by atoms with Crippen LogP contribution in [0.5, 0.6) is 0 Å². The van der Waals surface area contributed by atoms with Crippen molar-refractivity contribution in [2.24, 2.45) is 11.7 Å². The van der Waals surface area contributed by atoms with Crippen molar-refractivity contribution in [1.82, 2.24) is 25.9 Å². The highest BCUT2D eigenvalue weighted by Crippen LogP contribution is 2.02. The van der Waals surface area contributed by atoms with E-state index in [2.05, 4.69) is 25.9 Å². The number of aromatic amines is 1. The SMILES string of the molecule is CC(C)C(NC(=O)C(CO)NC(=O)CNC(=O)C(N)Cc1cnc[nH]1)C(=O)O. The molecule has 156 valence electrons.